The monoisotopic (exact) mass is 456 g/mol. The maximum atomic E-state index is 13.4. The molecule has 0 radical (unpaired) electrons. The first-order valence-corrected chi connectivity index (χ1v) is 12.4. The number of para-hydroxylation sites is 1. The van der Waals surface area contributed by atoms with Crippen molar-refractivity contribution in [2.75, 3.05) is 31.1 Å². The minimum absolute atomic E-state index is 0.00833. The number of piperidine rings is 2. The van der Waals surface area contributed by atoms with Crippen molar-refractivity contribution in [2.45, 2.75) is 32.1 Å². The molecule has 5 rings (SSSR count). The minimum atomic E-state index is -0.00833. The number of likely N-dealkylation sites (tertiary alicyclic amines) is 1. The molecule has 0 bridgehead atoms. The van der Waals surface area contributed by atoms with Crippen LogP contribution in [0.3, 0.4) is 0 Å². The number of carbonyl (C=O) groups excluding carboxylic acids is 1. The molecule has 2 saturated heterocycles. The lowest BCUT2D eigenvalue weighted by Crippen LogP contribution is -2.47. The lowest BCUT2D eigenvalue weighted by molar-refractivity contribution is -0.137. The molecule has 0 spiro atoms. The van der Waals surface area contributed by atoms with Crippen molar-refractivity contribution < 1.29 is 9.53 Å². The van der Waals surface area contributed by atoms with Crippen molar-refractivity contribution in [3.8, 4) is 11.6 Å². The van der Waals surface area contributed by atoms with E-state index in [0.717, 1.165) is 57.5 Å². The molecule has 0 saturated carbocycles. The van der Waals surface area contributed by atoms with E-state index in [0.29, 0.717) is 24.2 Å². The summed E-state index contributed by atoms with van der Waals surface area (Å²) < 4.78 is 6.02. The van der Waals surface area contributed by atoms with E-state index < -0.39 is 0 Å². The number of nitrogens with zero attached hydrogens (tertiary/aromatic N) is 4. The summed E-state index contributed by atoms with van der Waals surface area (Å²) in [4.78, 5) is 26.7. The highest BCUT2D eigenvalue weighted by Gasteiger charge is 2.33. The number of rotatable bonds is 6. The van der Waals surface area contributed by atoms with Gasteiger partial charge in [-0.3, -0.25) is 4.79 Å². The van der Waals surface area contributed by atoms with Gasteiger partial charge in [0, 0.05) is 38.6 Å². The Morgan fingerprint density at radius 3 is 2.35 bits per heavy atom. The van der Waals surface area contributed by atoms with Crippen LogP contribution in [0.2, 0.25) is 0 Å². The summed E-state index contributed by atoms with van der Waals surface area (Å²) in [5.41, 5.74) is 1.40. The Hall–Kier alpha value is -3.41. The van der Waals surface area contributed by atoms with Gasteiger partial charge in [0.25, 0.3) is 5.88 Å². The number of amides is 1. The highest BCUT2D eigenvalue weighted by Crippen LogP contribution is 2.32. The molecule has 34 heavy (non-hydrogen) atoms. The lowest BCUT2D eigenvalue weighted by atomic mass is 9.89. The summed E-state index contributed by atoms with van der Waals surface area (Å²) >= 11 is 0. The second-order valence-corrected chi connectivity index (χ2v) is 9.34. The van der Waals surface area contributed by atoms with Crippen molar-refractivity contribution in [1.82, 2.24) is 14.9 Å². The molecule has 2 aliphatic heterocycles. The number of anilines is 1. The van der Waals surface area contributed by atoms with Gasteiger partial charge >= 0.3 is 0 Å². The van der Waals surface area contributed by atoms with Gasteiger partial charge in [0.2, 0.25) is 5.91 Å². The molecular formula is C28H32N4O2. The zero-order chi connectivity index (χ0) is 23.2. The SMILES string of the molecule is O=C(C1CCCN(c2nccnc2Oc2ccccc2)C1)N1CCC(Cc2ccccc2)CC1. The Kier molecular flexibility index (Phi) is 7.03. The summed E-state index contributed by atoms with van der Waals surface area (Å²) in [5, 5.41) is 0. The molecule has 1 unspecified atom stereocenters. The summed E-state index contributed by atoms with van der Waals surface area (Å²) in [7, 11) is 0. The average molecular weight is 457 g/mol. The van der Waals surface area contributed by atoms with Gasteiger partial charge in [-0.2, -0.15) is 0 Å². The Morgan fingerprint density at radius 1 is 0.882 bits per heavy atom. The average Bonchev–Trinajstić information content (AvgIpc) is 2.90. The fraction of sp³-hybridized carbons (Fsp3) is 0.393. The number of hydrogen-bond acceptors (Lipinski definition) is 5. The molecule has 3 aromatic rings. The molecule has 0 aliphatic carbocycles. The van der Waals surface area contributed by atoms with E-state index in [1.165, 1.54) is 5.56 Å². The maximum Gasteiger partial charge on any atom is 0.263 e. The van der Waals surface area contributed by atoms with Crippen molar-refractivity contribution in [1.29, 1.82) is 0 Å². The molecule has 0 N–H and O–H groups in total. The number of aromatic nitrogens is 2. The molecule has 6 nitrogen and oxygen atoms in total. The third-order valence-electron chi connectivity index (χ3n) is 6.97. The predicted molar refractivity (Wildman–Crippen MR) is 133 cm³/mol. The van der Waals surface area contributed by atoms with Crippen LogP contribution in [0.1, 0.15) is 31.2 Å². The fourth-order valence-corrected chi connectivity index (χ4v) is 5.14. The van der Waals surface area contributed by atoms with Crippen LogP contribution in [0.5, 0.6) is 11.6 Å². The Morgan fingerprint density at radius 2 is 1.59 bits per heavy atom. The number of hydrogen-bond donors (Lipinski definition) is 0. The summed E-state index contributed by atoms with van der Waals surface area (Å²) in [6.07, 6.45) is 8.49. The third-order valence-corrected chi connectivity index (χ3v) is 6.97. The van der Waals surface area contributed by atoms with E-state index in [1.807, 2.05) is 30.3 Å². The van der Waals surface area contributed by atoms with E-state index in [-0.39, 0.29) is 11.8 Å². The van der Waals surface area contributed by atoms with Crippen molar-refractivity contribution in [2.24, 2.45) is 11.8 Å². The maximum absolute atomic E-state index is 13.4. The summed E-state index contributed by atoms with van der Waals surface area (Å²) in [6, 6.07) is 20.3. The molecule has 1 aromatic heterocycles. The molecular weight excluding hydrogens is 424 g/mol. The highest BCUT2D eigenvalue weighted by atomic mass is 16.5. The normalized spacial score (nSPS) is 19.1. The number of carbonyl (C=O) groups is 1. The van der Waals surface area contributed by atoms with Crippen LogP contribution in [-0.2, 0) is 11.2 Å². The number of ether oxygens (including phenoxy) is 1. The quantitative estimate of drug-likeness (QED) is 0.524. The summed E-state index contributed by atoms with van der Waals surface area (Å²) in [5.74, 6) is 2.87. The molecule has 2 aliphatic rings. The standard InChI is InChI=1S/C28H32N4O2/c33-28(31-18-13-23(14-19-31)20-22-8-3-1-4-9-22)24-10-7-17-32(21-24)26-27(30-16-15-29-26)34-25-11-5-2-6-12-25/h1-6,8-9,11-12,15-16,23-24H,7,10,13-14,17-21H2. The third kappa shape index (κ3) is 5.38. The largest absolute Gasteiger partial charge is 0.436 e. The van der Waals surface area contributed by atoms with Crippen LogP contribution in [0, 0.1) is 11.8 Å². The Balaban J connectivity index is 1.19. The van der Waals surface area contributed by atoms with E-state index in [4.69, 9.17) is 4.74 Å². The van der Waals surface area contributed by atoms with Gasteiger partial charge in [0.1, 0.15) is 5.75 Å². The van der Waals surface area contributed by atoms with Crippen molar-refractivity contribution in [3.05, 3.63) is 78.6 Å². The molecule has 6 heteroatoms. The second-order valence-electron chi connectivity index (χ2n) is 9.34. The molecule has 2 fully saturated rings. The van der Waals surface area contributed by atoms with Gasteiger partial charge in [0.15, 0.2) is 5.82 Å². The van der Waals surface area contributed by atoms with E-state index in [2.05, 4.69) is 50.1 Å². The second kappa shape index (κ2) is 10.7. The highest BCUT2D eigenvalue weighted by molar-refractivity contribution is 5.80. The fourth-order valence-electron chi connectivity index (χ4n) is 5.14. The predicted octanol–water partition coefficient (Wildman–Crippen LogP) is 4.97. The van der Waals surface area contributed by atoms with E-state index in [9.17, 15) is 4.79 Å². The smallest absolute Gasteiger partial charge is 0.263 e. The Bertz CT molecular complexity index is 1070. The molecule has 2 aromatic carbocycles. The van der Waals surface area contributed by atoms with Gasteiger partial charge in [-0.1, -0.05) is 48.5 Å². The lowest BCUT2D eigenvalue weighted by Gasteiger charge is -2.38. The van der Waals surface area contributed by atoms with Gasteiger partial charge < -0.3 is 14.5 Å². The van der Waals surface area contributed by atoms with E-state index >= 15 is 0 Å². The van der Waals surface area contributed by atoms with Crippen LogP contribution < -0.4 is 9.64 Å². The van der Waals surface area contributed by atoms with Crippen molar-refractivity contribution >= 4 is 11.7 Å². The molecule has 176 valence electrons. The van der Waals surface area contributed by atoms with Crippen LogP contribution in [0.4, 0.5) is 5.82 Å². The zero-order valence-corrected chi connectivity index (χ0v) is 19.6. The van der Waals surface area contributed by atoms with Crippen LogP contribution >= 0.6 is 0 Å². The van der Waals surface area contributed by atoms with Crippen LogP contribution in [0.25, 0.3) is 0 Å². The van der Waals surface area contributed by atoms with Gasteiger partial charge in [-0.15, -0.1) is 0 Å². The van der Waals surface area contributed by atoms with Gasteiger partial charge in [-0.25, -0.2) is 9.97 Å². The van der Waals surface area contributed by atoms with E-state index in [1.54, 1.807) is 12.4 Å². The first kappa shape index (κ1) is 22.4. The first-order chi connectivity index (χ1) is 16.8. The first-order valence-electron chi connectivity index (χ1n) is 12.4. The van der Waals surface area contributed by atoms with Crippen LogP contribution in [-0.4, -0.2) is 47.0 Å². The molecule has 3 heterocycles. The van der Waals surface area contributed by atoms with Gasteiger partial charge in [-0.05, 0) is 55.7 Å². The molecule has 1 amide bonds. The molecule has 1 atom stereocenters. The summed E-state index contributed by atoms with van der Waals surface area (Å²) in [6.45, 7) is 3.24. The van der Waals surface area contributed by atoms with Crippen LogP contribution in [0.15, 0.2) is 73.1 Å². The zero-order valence-electron chi connectivity index (χ0n) is 19.6. The van der Waals surface area contributed by atoms with Crippen molar-refractivity contribution in [3.63, 3.8) is 0 Å². The minimum Gasteiger partial charge on any atom is -0.436 e. The van der Waals surface area contributed by atoms with Gasteiger partial charge in [0.05, 0.1) is 5.92 Å². The Labute approximate surface area is 201 Å². The topological polar surface area (TPSA) is 58.6 Å². The number of benzene rings is 2.